The van der Waals surface area contributed by atoms with E-state index < -0.39 is 11.6 Å². The normalized spacial score (nSPS) is 11.6. The highest BCUT2D eigenvalue weighted by atomic mass is 19.1. The molecule has 28 heavy (non-hydrogen) atoms. The standard InChI is InChI=1S/C21H17F2N3O2/c1-13(15-7-5-14(11-24)6-8-15)26-19(27)9-10-20-25-12-18(28-20)21-16(22)3-2-4-17(21)23/h2-8,12-13H,9-10H2,1H3,(H,26,27)/t13-/m1/s1. The van der Waals surface area contributed by atoms with Gasteiger partial charge < -0.3 is 9.73 Å². The fraction of sp³-hybridized carbons (Fsp3) is 0.190. The van der Waals surface area contributed by atoms with Crippen molar-refractivity contribution < 1.29 is 18.0 Å². The van der Waals surface area contributed by atoms with Crippen LogP contribution in [0.2, 0.25) is 0 Å². The molecule has 1 atom stereocenters. The van der Waals surface area contributed by atoms with Gasteiger partial charge in [0.05, 0.1) is 29.4 Å². The van der Waals surface area contributed by atoms with Gasteiger partial charge in [-0.25, -0.2) is 13.8 Å². The van der Waals surface area contributed by atoms with Gasteiger partial charge in [0.1, 0.15) is 11.6 Å². The summed E-state index contributed by atoms with van der Waals surface area (Å²) in [5.74, 6) is -1.49. The summed E-state index contributed by atoms with van der Waals surface area (Å²) in [5, 5.41) is 11.7. The second-order valence-electron chi connectivity index (χ2n) is 6.24. The van der Waals surface area contributed by atoms with Gasteiger partial charge in [-0.1, -0.05) is 18.2 Å². The van der Waals surface area contributed by atoms with Crippen molar-refractivity contribution in [3.63, 3.8) is 0 Å². The van der Waals surface area contributed by atoms with Crippen LogP contribution in [0.3, 0.4) is 0 Å². The topological polar surface area (TPSA) is 78.9 Å². The molecule has 142 valence electrons. The van der Waals surface area contributed by atoms with Crippen molar-refractivity contribution in [2.75, 3.05) is 0 Å². The van der Waals surface area contributed by atoms with E-state index >= 15 is 0 Å². The number of nitrogens with one attached hydrogen (secondary N) is 1. The van der Waals surface area contributed by atoms with Gasteiger partial charge in [0.15, 0.2) is 11.7 Å². The van der Waals surface area contributed by atoms with Crippen LogP contribution in [0.25, 0.3) is 11.3 Å². The molecule has 0 aliphatic rings. The van der Waals surface area contributed by atoms with E-state index in [1.807, 2.05) is 13.0 Å². The van der Waals surface area contributed by atoms with Crippen LogP contribution < -0.4 is 5.32 Å². The number of carbonyl (C=O) groups is 1. The maximum Gasteiger partial charge on any atom is 0.220 e. The molecule has 1 N–H and O–H groups in total. The summed E-state index contributed by atoms with van der Waals surface area (Å²) in [6.07, 6.45) is 1.55. The number of nitrogens with zero attached hydrogens (tertiary/aromatic N) is 2. The zero-order valence-electron chi connectivity index (χ0n) is 15.1. The first-order valence-electron chi connectivity index (χ1n) is 8.66. The van der Waals surface area contributed by atoms with E-state index in [0.29, 0.717) is 5.56 Å². The zero-order chi connectivity index (χ0) is 20.1. The Hall–Kier alpha value is -3.53. The molecule has 1 aromatic heterocycles. The number of hydrogen-bond donors (Lipinski definition) is 1. The Balaban J connectivity index is 1.58. The zero-order valence-corrected chi connectivity index (χ0v) is 15.1. The molecule has 2 aromatic carbocycles. The number of rotatable bonds is 6. The summed E-state index contributed by atoms with van der Waals surface area (Å²) < 4.78 is 33.0. The third-order valence-corrected chi connectivity index (χ3v) is 4.25. The number of hydrogen-bond acceptors (Lipinski definition) is 4. The van der Waals surface area contributed by atoms with Crippen molar-refractivity contribution in [1.82, 2.24) is 10.3 Å². The van der Waals surface area contributed by atoms with Crippen LogP contribution in [0.5, 0.6) is 0 Å². The van der Waals surface area contributed by atoms with Crippen LogP contribution in [-0.2, 0) is 11.2 Å². The van der Waals surface area contributed by atoms with Gasteiger partial charge in [0, 0.05) is 12.8 Å². The summed E-state index contributed by atoms with van der Waals surface area (Å²) in [7, 11) is 0. The monoisotopic (exact) mass is 381 g/mol. The van der Waals surface area contributed by atoms with Gasteiger partial charge in [-0.15, -0.1) is 0 Å². The lowest BCUT2D eigenvalue weighted by Gasteiger charge is -2.14. The van der Waals surface area contributed by atoms with E-state index in [2.05, 4.69) is 10.3 Å². The molecule has 1 heterocycles. The van der Waals surface area contributed by atoms with Crippen molar-refractivity contribution in [1.29, 1.82) is 5.26 Å². The van der Waals surface area contributed by atoms with Gasteiger partial charge >= 0.3 is 0 Å². The fourth-order valence-corrected chi connectivity index (χ4v) is 2.74. The largest absolute Gasteiger partial charge is 0.441 e. The SMILES string of the molecule is C[C@@H](NC(=O)CCc1ncc(-c2c(F)cccc2F)o1)c1ccc(C#N)cc1. The van der Waals surface area contributed by atoms with Crippen LogP contribution in [0.4, 0.5) is 8.78 Å². The molecule has 0 aliphatic carbocycles. The summed E-state index contributed by atoms with van der Waals surface area (Å²) in [6, 6.07) is 12.3. The summed E-state index contributed by atoms with van der Waals surface area (Å²) >= 11 is 0. The average molecular weight is 381 g/mol. The first-order chi connectivity index (χ1) is 13.5. The van der Waals surface area contributed by atoms with Crippen LogP contribution in [0.15, 0.2) is 53.1 Å². The number of carbonyl (C=O) groups excluding carboxylic acids is 1. The van der Waals surface area contributed by atoms with E-state index in [0.717, 1.165) is 17.7 Å². The minimum Gasteiger partial charge on any atom is -0.441 e. The third-order valence-electron chi connectivity index (χ3n) is 4.25. The quantitative estimate of drug-likeness (QED) is 0.690. The number of amides is 1. The molecule has 7 heteroatoms. The maximum atomic E-state index is 13.8. The van der Waals surface area contributed by atoms with Crippen LogP contribution >= 0.6 is 0 Å². The summed E-state index contributed by atoms with van der Waals surface area (Å²) in [4.78, 5) is 16.1. The maximum absolute atomic E-state index is 13.8. The number of benzene rings is 2. The first kappa shape index (κ1) is 19.2. The Morgan fingerprint density at radius 1 is 1.21 bits per heavy atom. The Kier molecular flexibility index (Phi) is 5.80. The second kappa shape index (κ2) is 8.44. The summed E-state index contributed by atoms with van der Waals surface area (Å²) in [5.41, 5.74) is 1.15. The Labute approximate surface area is 160 Å². The van der Waals surface area contributed by atoms with E-state index in [-0.39, 0.29) is 42.0 Å². The molecule has 3 aromatic rings. The summed E-state index contributed by atoms with van der Waals surface area (Å²) in [6.45, 7) is 1.84. The predicted molar refractivity (Wildman–Crippen MR) is 97.9 cm³/mol. The van der Waals surface area contributed by atoms with Gasteiger partial charge in [-0.05, 0) is 36.8 Å². The molecule has 3 rings (SSSR count). The van der Waals surface area contributed by atoms with E-state index in [1.54, 1.807) is 24.3 Å². The lowest BCUT2D eigenvalue weighted by atomic mass is 10.1. The van der Waals surface area contributed by atoms with Crippen molar-refractivity contribution in [3.8, 4) is 17.4 Å². The van der Waals surface area contributed by atoms with E-state index in [9.17, 15) is 13.6 Å². The molecule has 0 spiro atoms. The lowest BCUT2D eigenvalue weighted by molar-refractivity contribution is -0.121. The lowest BCUT2D eigenvalue weighted by Crippen LogP contribution is -2.26. The molecule has 0 aliphatic heterocycles. The number of oxazole rings is 1. The van der Waals surface area contributed by atoms with Crippen molar-refractivity contribution in [2.45, 2.75) is 25.8 Å². The Bertz CT molecular complexity index is 1000. The molecule has 0 unspecified atom stereocenters. The van der Waals surface area contributed by atoms with Crippen LogP contribution in [0, 0.1) is 23.0 Å². The molecule has 0 saturated carbocycles. The number of nitriles is 1. The Morgan fingerprint density at radius 3 is 2.54 bits per heavy atom. The Morgan fingerprint density at radius 2 is 1.89 bits per heavy atom. The van der Waals surface area contributed by atoms with E-state index in [1.165, 1.54) is 12.3 Å². The highest BCUT2D eigenvalue weighted by Gasteiger charge is 2.17. The predicted octanol–water partition coefficient (Wildman–Crippen LogP) is 4.30. The molecular formula is C21H17F2N3O2. The van der Waals surface area contributed by atoms with Crippen molar-refractivity contribution in [3.05, 3.63) is 77.3 Å². The highest BCUT2D eigenvalue weighted by Crippen LogP contribution is 2.26. The van der Waals surface area contributed by atoms with Crippen molar-refractivity contribution >= 4 is 5.91 Å². The van der Waals surface area contributed by atoms with Crippen molar-refractivity contribution in [2.24, 2.45) is 0 Å². The molecule has 0 fully saturated rings. The number of aryl methyl sites for hydroxylation is 1. The average Bonchev–Trinajstić information content (AvgIpc) is 3.15. The molecule has 0 radical (unpaired) electrons. The minimum absolute atomic E-state index is 0.0167. The number of aromatic nitrogens is 1. The van der Waals surface area contributed by atoms with Crippen LogP contribution in [0.1, 0.15) is 36.4 Å². The first-order valence-corrected chi connectivity index (χ1v) is 8.66. The second-order valence-corrected chi connectivity index (χ2v) is 6.24. The van der Waals surface area contributed by atoms with Gasteiger partial charge in [-0.2, -0.15) is 5.26 Å². The number of halogens is 2. The fourth-order valence-electron chi connectivity index (χ4n) is 2.74. The molecule has 5 nitrogen and oxygen atoms in total. The van der Waals surface area contributed by atoms with Gasteiger partial charge in [0.25, 0.3) is 0 Å². The molecular weight excluding hydrogens is 364 g/mol. The molecule has 1 amide bonds. The third kappa shape index (κ3) is 4.41. The van der Waals surface area contributed by atoms with Gasteiger partial charge in [-0.3, -0.25) is 4.79 Å². The molecule has 0 bridgehead atoms. The minimum atomic E-state index is -0.739. The van der Waals surface area contributed by atoms with Gasteiger partial charge in [0.2, 0.25) is 5.91 Å². The molecule has 0 saturated heterocycles. The van der Waals surface area contributed by atoms with Crippen LogP contribution in [-0.4, -0.2) is 10.9 Å². The smallest absolute Gasteiger partial charge is 0.220 e. The van der Waals surface area contributed by atoms with E-state index in [4.69, 9.17) is 9.68 Å². The highest BCUT2D eigenvalue weighted by molar-refractivity contribution is 5.76.